The molecule has 1 heterocycles. The number of rotatable bonds is 2. The fourth-order valence-corrected chi connectivity index (χ4v) is 1.50. The van der Waals surface area contributed by atoms with Gasteiger partial charge in [-0.2, -0.15) is 0 Å². The first-order valence-electron chi connectivity index (χ1n) is 4.63. The Labute approximate surface area is 91.0 Å². The molecule has 2 aromatic rings. The number of fused-ring (bicyclic) bond motifs is 1. The molecule has 0 aliphatic carbocycles. The lowest BCUT2D eigenvalue weighted by Crippen LogP contribution is -2.08. The number of nitrogens with two attached hydrogens (primary N) is 1. The van der Waals surface area contributed by atoms with Crippen molar-refractivity contribution in [1.29, 1.82) is 0 Å². The Bertz CT molecular complexity index is 497. The van der Waals surface area contributed by atoms with Crippen molar-refractivity contribution < 1.29 is 8.81 Å². The maximum absolute atomic E-state index is 13.4. The summed E-state index contributed by atoms with van der Waals surface area (Å²) >= 11 is 5.69. The van der Waals surface area contributed by atoms with Crippen molar-refractivity contribution in [1.82, 2.24) is 4.98 Å². The topological polar surface area (TPSA) is 52.0 Å². The van der Waals surface area contributed by atoms with E-state index in [-0.39, 0.29) is 16.6 Å². The maximum atomic E-state index is 13.4. The first kappa shape index (κ1) is 10.4. The van der Waals surface area contributed by atoms with Crippen molar-refractivity contribution in [3.63, 3.8) is 0 Å². The van der Waals surface area contributed by atoms with Crippen molar-refractivity contribution in [2.24, 2.45) is 5.73 Å². The number of benzene rings is 1. The Balaban J connectivity index is 2.60. The summed E-state index contributed by atoms with van der Waals surface area (Å²) in [7, 11) is 0. The third-order valence-electron chi connectivity index (χ3n) is 2.19. The molecule has 0 bridgehead atoms. The molecule has 0 radical (unpaired) electrons. The van der Waals surface area contributed by atoms with Crippen molar-refractivity contribution in [2.45, 2.75) is 19.4 Å². The summed E-state index contributed by atoms with van der Waals surface area (Å²) in [5, 5.41) is 0.285. The fourth-order valence-electron chi connectivity index (χ4n) is 1.31. The second-order valence-electron chi connectivity index (χ2n) is 3.30. The molecule has 0 fully saturated rings. The van der Waals surface area contributed by atoms with Crippen LogP contribution < -0.4 is 5.73 Å². The molecule has 2 rings (SSSR count). The second kappa shape index (κ2) is 3.79. The number of aromatic nitrogens is 1. The molecular weight excluding hydrogens is 219 g/mol. The fraction of sp³-hybridized carbons (Fsp3) is 0.300. The van der Waals surface area contributed by atoms with Crippen molar-refractivity contribution in [3.05, 3.63) is 28.9 Å². The molecule has 15 heavy (non-hydrogen) atoms. The minimum Gasteiger partial charge on any atom is -0.439 e. The third kappa shape index (κ3) is 1.82. The van der Waals surface area contributed by atoms with Crippen LogP contribution >= 0.6 is 11.6 Å². The zero-order chi connectivity index (χ0) is 11.0. The van der Waals surface area contributed by atoms with Gasteiger partial charge in [0.15, 0.2) is 11.4 Å². The lowest BCUT2D eigenvalue weighted by Gasteiger charge is -2.00. The molecule has 2 N–H and O–H groups in total. The van der Waals surface area contributed by atoms with Crippen molar-refractivity contribution in [2.75, 3.05) is 0 Å². The van der Waals surface area contributed by atoms with Gasteiger partial charge < -0.3 is 10.2 Å². The number of oxazole rings is 1. The first-order chi connectivity index (χ1) is 7.11. The molecule has 3 nitrogen and oxygen atoms in total. The summed E-state index contributed by atoms with van der Waals surface area (Å²) in [6.07, 6.45) is 0.683. The summed E-state index contributed by atoms with van der Waals surface area (Å²) in [5.41, 5.74) is 6.25. The van der Waals surface area contributed by atoms with E-state index >= 15 is 0 Å². The van der Waals surface area contributed by atoms with Gasteiger partial charge in [-0.3, -0.25) is 0 Å². The highest BCUT2D eigenvalue weighted by atomic mass is 35.5. The Morgan fingerprint density at radius 2 is 2.33 bits per heavy atom. The average Bonchev–Trinajstić information content (AvgIpc) is 2.60. The van der Waals surface area contributed by atoms with Crippen LogP contribution in [0.3, 0.4) is 0 Å². The molecule has 1 aromatic heterocycles. The molecule has 0 spiro atoms. The SMILES string of the molecule is CCC(N)c1nc2c(F)cc(Cl)cc2o1. The van der Waals surface area contributed by atoms with Crippen LogP contribution in [0, 0.1) is 5.82 Å². The lowest BCUT2D eigenvalue weighted by molar-refractivity contribution is 0.469. The number of hydrogen-bond acceptors (Lipinski definition) is 3. The van der Waals surface area contributed by atoms with E-state index in [4.69, 9.17) is 21.8 Å². The first-order valence-corrected chi connectivity index (χ1v) is 5.00. The highest BCUT2D eigenvalue weighted by molar-refractivity contribution is 6.31. The van der Waals surface area contributed by atoms with E-state index < -0.39 is 5.82 Å². The van der Waals surface area contributed by atoms with Crippen LogP contribution in [-0.4, -0.2) is 4.98 Å². The van der Waals surface area contributed by atoms with Crippen molar-refractivity contribution >= 4 is 22.7 Å². The summed E-state index contributed by atoms with van der Waals surface area (Å²) in [4.78, 5) is 4.00. The van der Waals surface area contributed by atoms with Gasteiger partial charge in [-0.05, 0) is 12.5 Å². The van der Waals surface area contributed by atoms with Gasteiger partial charge in [-0.25, -0.2) is 9.37 Å². The quantitative estimate of drug-likeness (QED) is 0.860. The van der Waals surface area contributed by atoms with E-state index in [0.29, 0.717) is 17.9 Å². The van der Waals surface area contributed by atoms with Gasteiger partial charge in [0.2, 0.25) is 5.89 Å². The van der Waals surface area contributed by atoms with Gasteiger partial charge in [-0.1, -0.05) is 18.5 Å². The Morgan fingerprint density at radius 3 is 3.00 bits per heavy atom. The van der Waals surface area contributed by atoms with Crippen molar-refractivity contribution in [3.8, 4) is 0 Å². The maximum Gasteiger partial charge on any atom is 0.212 e. The Hall–Kier alpha value is -1.13. The van der Waals surface area contributed by atoms with Crippen LogP contribution in [-0.2, 0) is 0 Å². The largest absolute Gasteiger partial charge is 0.439 e. The highest BCUT2D eigenvalue weighted by Gasteiger charge is 2.15. The van der Waals surface area contributed by atoms with E-state index in [1.165, 1.54) is 12.1 Å². The summed E-state index contributed by atoms with van der Waals surface area (Å²) < 4.78 is 18.7. The van der Waals surface area contributed by atoms with Gasteiger partial charge in [-0.15, -0.1) is 0 Å². The number of halogens is 2. The van der Waals surface area contributed by atoms with Gasteiger partial charge in [0.1, 0.15) is 5.52 Å². The van der Waals surface area contributed by atoms with Gasteiger partial charge >= 0.3 is 0 Å². The van der Waals surface area contributed by atoms with Crippen LogP contribution in [0.25, 0.3) is 11.1 Å². The number of nitrogens with zero attached hydrogens (tertiary/aromatic N) is 1. The smallest absolute Gasteiger partial charge is 0.212 e. The Morgan fingerprint density at radius 1 is 1.60 bits per heavy atom. The molecule has 80 valence electrons. The van der Waals surface area contributed by atoms with Crippen LogP contribution in [0.15, 0.2) is 16.5 Å². The third-order valence-corrected chi connectivity index (χ3v) is 2.40. The molecule has 1 aromatic carbocycles. The molecule has 0 amide bonds. The monoisotopic (exact) mass is 228 g/mol. The van der Waals surface area contributed by atoms with E-state index in [1.54, 1.807) is 0 Å². The molecule has 0 aliphatic heterocycles. The minimum absolute atomic E-state index is 0.179. The predicted octanol–water partition coefficient (Wildman–Crippen LogP) is 3.03. The standard InChI is InChI=1S/C10H10ClFN2O/c1-2-7(13)10-14-9-6(12)3-5(11)4-8(9)15-10/h3-4,7H,2,13H2,1H3. The molecular formula is C10H10ClFN2O. The summed E-state index contributed by atoms with van der Waals surface area (Å²) in [6.45, 7) is 1.91. The zero-order valence-corrected chi connectivity index (χ0v) is 8.88. The molecule has 1 unspecified atom stereocenters. The second-order valence-corrected chi connectivity index (χ2v) is 3.74. The molecule has 1 atom stereocenters. The van der Waals surface area contributed by atoms with Crippen LogP contribution in [0.1, 0.15) is 25.3 Å². The van der Waals surface area contributed by atoms with Gasteiger partial charge in [0, 0.05) is 11.1 Å². The Kier molecular flexibility index (Phi) is 2.63. The molecule has 0 aliphatic rings. The minimum atomic E-state index is -0.490. The molecule has 0 saturated carbocycles. The average molecular weight is 229 g/mol. The van der Waals surface area contributed by atoms with Gasteiger partial charge in [0.05, 0.1) is 6.04 Å². The summed E-state index contributed by atoms with van der Waals surface area (Å²) in [5.74, 6) is -0.149. The van der Waals surface area contributed by atoms with E-state index in [0.717, 1.165) is 0 Å². The van der Waals surface area contributed by atoms with E-state index in [9.17, 15) is 4.39 Å². The number of hydrogen-bond donors (Lipinski definition) is 1. The van der Waals surface area contributed by atoms with Gasteiger partial charge in [0.25, 0.3) is 0 Å². The highest BCUT2D eigenvalue weighted by Crippen LogP contribution is 2.25. The van der Waals surface area contributed by atoms with Crippen LogP contribution in [0.5, 0.6) is 0 Å². The lowest BCUT2D eigenvalue weighted by atomic mass is 10.2. The predicted molar refractivity (Wildman–Crippen MR) is 56.2 cm³/mol. The normalized spacial score (nSPS) is 13.3. The van der Waals surface area contributed by atoms with E-state index in [1.807, 2.05) is 6.92 Å². The van der Waals surface area contributed by atoms with E-state index in [2.05, 4.69) is 4.98 Å². The van der Waals surface area contributed by atoms with Crippen LogP contribution in [0.4, 0.5) is 4.39 Å². The molecule has 5 heteroatoms. The van der Waals surface area contributed by atoms with Crippen LogP contribution in [0.2, 0.25) is 5.02 Å². The summed E-state index contributed by atoms with van der Waals surface area (Å²) in [6, 6.07) is 2.42. The zero-order valence-electron chi connectivity index (χ0n) is 8.13. The molecule has 0 saturated heterocycles.